The molecule has 4 aromatic rings. The Kier molecular flexibility index (Phi) is 19.1. The van der Waals surface area contributed by atoms with Crippen molar-refractivity contribution in [3.63, 3.8) is 0 Å². The second-order valence-corrected chi connectivity index (χ2v) is 22.3. The maximum absolute atomic E-state index is 13.3. The van der Waals surface area contributed by atoms with Gasteiger partial charge < -0.3 is 30.2 Å². The number of carbonyl (C=O) groups excluding carboxylic acids is 2. The number of amides is 2. The van der Waals surface area contributed by atoms with E-state index in [-0.39, 0.29) is 29.0 Å². The number of benzene rings is 4. The number of nitrogens with one attached hydrogen (secondary N) is 2. The van der Waals surface area contributed by atoms with E-state index in [4.69, 9.17) is 5.26 Å². The van der Waals surface area contributed by atoms with Crippen molar-refractivity contribution in [2.75, 3.05) is 92.4 Å². The Hall–Kier alpha value is -6.34. The van der Waals surface area contributed by atoms with Crippen molar-refractivity contribution in [2.24, 2.45) is 11.8 Å². The van der Waals surface area contributed by atoms with Gasteiger partial charge >= 0.3 is 6.18 Å². The monoisotopic (exact) mass is 1030 g/mol. The molecule has 4 aliphatic heterocycles. The highest BCUT2D eigenvalue weighted by Crippen LogP contribution is 2.38. The number of rotatable bonds is 14. The first-order chi connectivity index (χ1) is 35.7. The fraction of sp³-hybridized carbons (Fsp3) is 0.542. The van der Waals surface area contributed by atoms with Crippen LogP contribution in [-0.2, 0) is 21.2 Å². The average Bonchev–Trinajstić information content (AvgIpc) is 3.39. The van der Waals surface area contributed by atoms with Crippen LogP contribution >= 0.6 is 0 Å². The molecule has 2 amide bonds. The van der Waals surface area contributed by atoms with Crippen LogP contribution in [-0.4, -0.2) is 116 Å². The number of piperazine rings is 1. The summed E-state index contributed by atoms with van der Waals surface area (Å²) >= 11 is 0. The molecule has 0 spiro atoms. The van der Waals surface area contributed by atoms with E-state index in [1.165, 1.54) is 47.8 Å². The van der Waals surface area contributed by atoms with E-state index >= 15 is 0 Å². The molecule has 13 nitrogen and oxygen atoms in total. The summed E-state index contributed by atoms with van der Waals surface area (Å²) < 4.78 is 39.9. The zero-order valence-electron chi connectivity index (χ0n) is 44.9. The van der Waals surface area contributed by atoms with Crippen LogP contribution in [0.15, 0.2) is 84.9 Å². The zero-order valence-corrected chi connectivity index (χ0v) is 44.9. The molecule has 1 atom stereocenters. The molecule has 0 aromatic heterocycles. The van der Waals surface area contributed by atoms with Crippen molar-refractivity contribution in [3.05, 3.63) is 123 Å². The van der Waals surface area contributed by atoms with Gasteiger partial charge in [-0.25, -0.2) is 0 Å². The van der Waals surface area contributed by atoms with E-state index < -0.39 is 22.4 Å². The molecule has 4 heterocycles. The molecule has 0 bridgehead atoms. The van der Waals surface area contributed by atoms with Gasteiger partial charge in [-0.2, -0.15) is 18.4 Å². The number of likely N-dealkylation sites (tertiary alicyclic amines) is 2. The van der Waals surface area contributed by atoms with Crippen molar-refractivity contribution in [3.8, 4) is 6.07 Å². The molecule has 2 N–H and O–H groups in total. The molecule has 4 saturated heterocycles. The van der Waals surface area contributed by atoms with Crippen LogP contribution in [0.2, 0.25) is 0 Å². The second-order valence-electron chi connectivity index (χ2n) is 22.3. The van der Waals surface area contributed by atoms with Gasteiger partial charge in [0.15, 0.2) is 0 Å². The lowest BCUT2D eigenvalue weighted by Crippen LogP contribution is -2.50. The topological polar surface area (TPSA) is 141 Å². The minimum absolute atomic E-state index is 0.0957. The molecule has 4 fully saturated rings. The molecular formula is C59H78F3N9O4. The third kappa shape index (κ3) is 15.9. The van der Waals surface area contributed by atoms with Crippen LogP contribution in [0.3, 0.4) is 0 Å². The molecule has 0 saturated carbocycles. The van der Waals surface area contributed by atoms with Crippen LogP contribution < -0.4 is 20.4 Å². The summed E-state index contributed by atoms with van der Waals surface area (Å²) in [6.45, 7) is 21.9. The molecule has 75 heavy (non-hydrogen) atoms. The van der Waals surface area contributed by atoms with Crippen LogP contribution in [0.1, 0.15) is 113 Å². The van der Waals surface area contributed by atoms with Crippen molar-refractivity contribution in [1.82, 2.24) is 14.7 Å². The van der Waals surface area contributed by atoms with Crippen molar-refractivity contribution in [1.29, 1.82) is 5.26 Å². The van der Waals surface area contributed by atoms with Gasteiger partial charge in [0.2, 0.25) is 11.8 Å². The van der Waals surface area contributed by atoms with Crippen LogP contribution in [0.5, 0.6) is 0 Å². The summed E-state index contributed by atoms with van der Waals surface area (Å²) in [5, 5.41) is 26.8. The molecule has 8 rings (SSSR count). The Balaban J connectivity index is 0.000000222. The summed E-state index contributed by atoms with van der Waals surface area (Å²) in [7, 11) is 0. The van der Waals surface area contributed by atoms with Gasteiger partial charge in [0, 0.05) is 125 Å². The summed E-state index contributed by atoms with van der Waals surface area (Å²) in [4.78, 5) is 47.0. The van der Waals surface area contributed by atoms with Crippen LogP contribution in [0.4, 0.5) is 41.6 Å². The maximum atomic E-state index is 13.3. The first-order valence-corrected chi connectivity index (χ1v) is 27.1. The van der Waals surface area contributed by atoms with Crippen molar-refractivity contribution < 1.29 is 27.7 Å². The minimum Gasteiger partial charge on any atom is -0.382 e. The number of nitrogens with zero attached hydrogens (tertiary/aromatic N) is 7. The molecule has 0 radical (unpaired) electrons. The summed E-state index contributed by atoms with van der Waals surface area (Å²) in [5.74, 6) is 1.02. The van der Waals surface area contributed by atoms with Gasteiger partial charge in [-0.1, -0.05) is 57.5 Å². The Morgan fingerprint density at radius 2 is 1.25 bits per heavy atom. The van der Waals surface area contributed by atoms with Gasteiger partial charge in [0.05, 0.1) is 16.6 Å². The highest BCUT2D eigenvalue weighted by atomic mass is 19.4. The van der Waals surface area contributed by atoms with Crippen LogP contribution in [0, 0.1) is 47.1 Å². The summed E-state index contributed by atoms with van der Waals surface area (Å²) in [6.07, 6.45) is 3.63. The zero-order chi connectivity index (χ0) is 53.9. The summed E-state index contributed by atoms with van der Waals surface area (Å²) in [6, 6.07) is 29.0. The number of hydrogen-bond donors (Lipinski definition) is 2. The number of alkyl halides is 3. The van der Waals surface area contributed by atoms with Gasteiger partial charge in [-0.3, -0.25) is 24.6 Å². The number of anilines is 4. The van der Waals surface area contributed by atoms with E-state index in [1.54, 1.807) is 0 Å². The standard InChI is InChI=1S/C30H40F3N5O3.C29H38N4O/c1-21(20-35-15-17-36(18-16-35)25-8-5-22(6-9-25)29(2,3)4)28(39)37-13-11-23(12-14-37)34-24-7-10-27(38(40)41)26(19-24)30(31,32)33;1-22-6-10-28(11-7-22)32-16-12-24(13-17-32)4-3-5-29(34)33-18-14-26(15-19-33)31-27-9-8-25(21-30)23(2)20-27/h5-10,19,21,23,34H,11-18,20H2,1-4H3;6-11,20,24,26,31H,3-5,12-19H2,1-2H3. The van der Waals surface area contributed by atoms with Gasteiger partial charge in [0.25, 0.3) is 5.69 Å². The fourth-order valence-corrected chi connectivity index (χ4v) is 11.0. The van der Waals surface area contributed by atoms with Gasteiger partial charge in [-0.15, -0.1) is 0 Å². The van der Waals surface area contributed by atoms with E-state index in [9.17, 15) is 32.9 Å². The van der Waals surface area contributed by atoms with Crippen molar-refractivity contribution >= 4 is 40.3 Å². The highest BCUT2D eigenvalue weighted by molar-refractivity contribution is 5.79. The van der Waals surface area contributed by atoms with Crippen molar-refractivity contribution in [2.45, 2.75) is 123 Å². The quantitative estimate of drug-likeness (QED) is 0.0926. The lowest BCUT2D eigenvalue weighted by molar-refractivity contribution is -0.388. The fourth-order valence-electron chi connectivity index (χ4n) is 11.0. The number of hydrogen-bond acceptors (Lipinski definition) is 10. The Morgan fingerprint density at radius 1 is 0.720 bits per heavy atom. The average molecular weight is 1030 g/mol. The SMILES string of the molecule is CC(CN1CCN(c2ccc(C(C)(C)C)cc2)CC1)C(=O)N1CCC(Nc2ccc([N+](=O)[O-])c(C(F)(F)F)c2)CC1.Cc1ccc(N2CCC(CCCC(=O)N3CCC(Nc4ccc(C#N)c(C)c4)CC3)CC2)cc1. The van der Waals surface area contributed by atoms with Crippen LogP contribution in [0.25, 0.3) is 0 Å². The molecular weight excluding hydrogens is 956 g/mol. The van der Waals surface area contributed by atoms with E-state index in [0.717, 1.165) is 106 Å². The summed E-state index contributed by atoms with van der Waals surface area (Å²) in [5.41, 5.74) is 6.05. The number of halogens is 3. The number of aryl methyl sites for hydroxylation is 2. The normalized spacial score (nSPS) is 17.9. The van der Waals surface area contributed by atoms with E-state index in [2.05, 4.69) is 113 Å². The van der Waals surface area contributed by atoms with Gasteiger partial charge in [-0.05, 0) is 142 Å². The highest BCUT2D eigenvalue weighted by Gasteiger charge is 2.39. The molecule has 4 aliphatic rings. The lowest BCUT2D eigenvalue weighted by Gasteiger charge is -2.38. The first kappa shape index (κ1) is 56.4. The lowest BCUT2D eigenvalue weighted by atomic mass is 9.87. The number of nitriles is 1. The molecule has 4 aromatic carbocycles. The number of nitro groups is 1. The first-order valence-electron chi connectivity index (χ1n) is 27.1. The molecule has 404 valence electrons. The number of carbonyl (C=O) groups is 2. The van der Waals surface area contributed by atoms with E-state index in [1.807, 2.05) is 36.9 Å². The predicted octanol–water partition coefficient (Wildman–Crippen LogP) is 11.4. The second kappa shape index (κ2) is 25.5. The number of piperidine rings is 3. The Bertz CT molecular complexity index is 2570. The Morgan fingerprint density at radius 3 is 1.79 bits per heavy atom. The smallest absolute Gasteiger partial charge is 0.382 e. The van der Waals surface area contributed by atoms with E-state index in [0.29, 0.717) is 50.8 Å². The third-order valence-corrected chi connectivity index (χ3v) is 15.7. The largest absolute Gasteiger partial charge is 0.423 e. The maximum Gasteiger partial charge on any atom is 0.423 e. The molecule has 1 unspecified atom stereocenters. The molecule has 16 heteroatoms. The Labute approximate surface area is 442 Å². The predicted molar refractivity (Wildman–Crippen MR) is 293 cm³/mol. The molecule has 0 aliphatic carbocycles. The minimum atomic E-state index is -4.82. The third-order valence-electron chi connectivity index (χ3n) is 15.7. The van der Waals surface area contributed by atoms with Gasteiger partial charge in [0.1, 0.15) is 5.56 Å². The number of nitro benzene ring substituents is 1.